The Kier molecular flexibility index (Phi) is 3.96. The van der Waals surface area contributed by atoms with Gasteiger partial charge in [-0.1, -0.05) is 42.5 Å². The Balaban J connectivity index is 1.74. The van der Waals surface area contributed by atoms with E-state index in [1.807, 2.05) is 30.3 Å². The van der Waals surface area contributed by atoms with E-state index in [1.54, 1.807) is 24.3 Å². The van der Waals surface area contributed by atoms with Gasteiger partial charge in [-0.3, -0.25) is 9.71 Å². The van der Waals surface area contributed by atoms with Crippen molar-refractivity contribution < 1.29 is 13.5 Å². The molecule has 0 saturated heterocycles. The lowest BCUT2D eigenvalue weighted by Crippen LogP contribution is -2.24. The molecule has 2 aromatic carbocycles. The van der Waals surface area contributed by atoms with E-state index in [4.69, 9.17) is 0 Å². The van der Waals surface area contributed by atoms with Crippen LogP contribution >= 0.6 is 0 Å². The Bertz CT molecular complexity index is 801. The van der Waals surface area contributed by atoms with Crippen molar-refractivity contribution in [3.05, 3.63) is 65.7 Å². The molecule has 0 aromatic heterocycles. The van der Waals surface area contributed by atoms with Gasteiger partial charge >= 0.3 is 0 Å². The monoisotopic (exact) mass is 316 g/mol. The van der Waals surface area contributed by atoms with Crippen LogP contribution in [0, 0.1) is 0 Å². The van der Waals surface area contributed by atoms with Crippen molar-refractivity contribution in [1.82, 2.24) is 4.72 Å². The molecule has 1 aliphatic rings. The first-order chi connectivity index (χ1) is 10.6. The molecule has 3 rings (SSSR count). The van der Waals surface area contributed by atoms with E-state index < -0.39 is 16.1 Å². The van der Waals surface area contributed by atoms with Crippen molar-refractivity contribution in [3.8, 4) is 0 Å². The summed E-state index contributed by atoms with van der Waals surface area (Å²) in [4.78, 5) is 4.46. The van der Waals surface area contributed by atoms with E-state index in [9.17, 15) is 13.5 Å². The van der Waals surface area contributed by atoms with Crippen LogP contribution in [-0.2, 0) is 16.4 Å². The zero-order chi connectivity index (χ0) is 15.6. The molecule has 6 heteroatoms. The molecule has 114 valence electrons. The largest absolute Gasteiger partial charge is 0.391 e. The van der Waals surface area contributed by atoms with Gasteiger partial charge in [0, 0.05) is 12.0 Å². The maximum absolute atomic E-state index is 11.9. The number of rotatable bonds is 4. The highest BCUT2D eigenvalue weighted by atomic mass is 32.2. The highest BCUT2D eigenvalue weighted by molar-refractivity contribution is 7.90. The van der Waals surface area contributed by atoms with E-state index in [2.05, 4.69) is 9.71 Å². The second-order valence-corrected chi connectivity index (χ2v) is 6.79. The third-order valence-electron chi connectivity index (χ3n) is 3.44. The maximum atomic E-state index is 11.9. The van der Waals surface area contributed by atoms with Gasteiger partial charge in [0.05, 0.1) is 17.5 Å². The number of sulfonamides is 1. The average Bonchev–Trinajstić information content (AvgIpc) is 2.78. The Hall–Kier alpha value is -2.18. The standard InChI is InChI=1S/C16H16N2O3S/c19-13(10-12-6-2-1-3-7-12)11-17-16-14-8-4-5-9-15(14)22(20,21)18-16/h1-9,13,19H,10-11H2,(H,17,18). The summed E-state index contributed by atoms with van der Waals surface area (Å²) < 4.78 is 26.3. The number of aliphatic hydroxyl groups excluding tert-OH is 1. The van der Waals surface area contributed by atoms with Gasteiger partial charge in [0.1, 0.15) is 5.84 Å². The highest BCUT2D eigenvalue weighted by Crippen LogP contribution is 2.22. The lowest BCUT2D eigenvalue weighted by molar-refractivity contribution is 0.184. The van der Waals surface area contributed by atoms with E-state index in [0.717, 1.165) is 5.56 Å². The molecular formula is C16H16N2O3S. The molecule has 1 heterocycles. The Labute approximate surface area is 129 Å². The fourth-order valence-electron chi connectivity index (χ4n) is 2.40. The molecule has 0 bridgehead atoms. The van der Waals surface area contributed by atoms with Crippen LogP contribution < -0.4 is 4.72 Å². The summed E-state index contributed by atoms with van der Waals surface area (Å²) in [5.41, 5.74) is 1.57. The lowest BCUT2D eigenvalue weighted by atomic mass is 10.1. The normalized spacial score (nSPS) is 18.7. The molecule has 22 heavy (non-hydrogen) atoms. The molecule has 2 N–H and O–H groups in total. The van der Waals surface area contributed by atoms with Crippen molar-refractivity contribution in [2.24, 2.45) is 4.99 Å². The molecule has 0 spiro atoms. The zero-order valence-corrected chi connectivity index (χ0v) is 12.6. The summed E-state index contributed by atoms with van der Waals surface area (Å²) in [5.74, 6) is 0.294. The Morgan fingerprint density at radius 3 is 2.50 bits per heavy atom. The van der Waals surface area contributed by atoms with Crippen molar-refractivity contribution in [2.75, 3.05) is 6.54 Å². The molecule has 0 amide bonds. The molecule has 0 radical (unpaired) electrons. The van der Waals surface area contributed by atoms with Crippen molar-refractivity contribution in [1.29, 1.82) is 0 Å². The number of nitrogens with zero attached hydrogens (tertiary/aromatic N) is 1. The highest BCUT2D eigenvalue weighted by Gasteiger charge is 2.30. The van der Waals surface area contributed by atoms with Crippen molar-refractivity contribution in [3.63, 3.8) is 0 Å². The summed E-state index contributed by atoms with van der Waals surface area (Å²) in [6, 6.07) is 16.3. The van der Waals surface area contributed by atoms with Crippen LogP contribution in [-0.4, -0.2) is 32.0 Å². The average molecular weight is 316 g/mol. The Morgan fingerprint density at radius 1 is 1.05 bits per heavy atom. The molecule has 1 aliphatic heterocycles. The predicted octanol–water partition coefficient (Wildman–Crippen LogP) is 1.33. The SMILES string of the molecule is O=S1(=O)NC(=NCC(O)Cc2ccccc2)c2ccccc21. The predicted molar refractivity (Wildman–Crippen MR) is 84.3 cm³/mol. The Morgan fingerprint density at radius 2 is 1.73 bits per heavy atom. The van der Waals surface area contributed by atoms with Crippen LogP contribution in [0.5, 0.6) is 0 Å². The number of amidine groups is 1. The molecule has 1 atom stereocenters. The summed E-state index contributed by atoms with van der Waals surface area (Å²) in [6.07, 6.45) is -0.182. The first kappa shape index (κ1) is 14.7. The van der Waals surface area contributed by atoms with Crippen LogP contribution in [0.25, 0.3) is 0 Å². The summed E-state index contributed by atoms with van der Waals surface area (Å²) in [7, 11) is -3.52. The van der Waals surface area contributed by atoms with Crippen LogP contribution in [0.2, 0.25) is 0 Å². The molecule has 0 saturated carbocycles. The minimum Gasteiger partial charge on any atom is -0.391 e. The summed E-state index contributed by atoms with van der Waals surface area (Å²) >= 11 is 0. The fraction of sp³-hybridized carbons (Fsp3) is 0.188. The van der Waals surface area contributed by atoms with E-state index in [1.165, 1.54) is 0 Å². The lowest BCUT2D eigenvalue weighted by Gasteiger charge is -2.08. The number of hydrogen-bond acceptors (Lipinski definition) is 4. The number of aliphatic imine (C=N–C) groups is 1. The van der Waals surface area contributed by atoms with Gasteiger partial charge in [0.15, 0.2) is 0 Å². The number of fused-ring (bicyclic) bond motifs is 1. The zero-order valence-electron chi connectivity index (χ0n) is 11.8. The molecule has 0 fully saturated rings. The second-order valence-electron chi connectivity index (χ2n) is 5.13. The van der Waals surface area contributed by atoms with Crippen molar-refractivity contribution >= 4 is 15.9 Å². The molecule has 0 aliphatic carbocycles. The van der Waals surface area contributed by atoms with Crippen molar-refractivity contribution in [2.45, 2.75) is 17.4 Å². The first-order valence-corrected chi connectivity index (χ1v) is 8.43. The number of aliphatic hydroxyl groups is 1. The van der Waals surface area contributed by atoms with Gasteiger partial charge in [-0.2, -0.15) is 0 Å². The maximum Gasteiger partial charge on any atom is 0.263 e. The topological polar surface area (TPSA) is 78.8 Å². The third-order valence-corrected chi connectivity index (χ3v) is 4.83. The van der Waals surface area contributed by atoms with Gasteiger partial charge in [0.2, 0.25) is 0 Å². The molecule has 5 nitrogen and oxygen atoms in total. The first-order valence-electron chi connectivity index (χ1n) is 6.95. The molecule has 2 aromatic rings. The van der Waals surface area contributed by atoms with Crippen LogP contribution in [0.1, 0.15) is 11.1 Å². The van der Waals surface area contributed by atoms with Crippen LogP contribution in [0.15, 0.2) is 64.5 Å². The third kappa shape index (κ3) is 3.03. The van der Waals surface area contributed by atoms with E-state index >= 15 is 0 Å². The minimum absolute atomic E-state index is 0.140. The second kappa shape index (κ2) is 5.90. The fourth-order valence-corrected chi connectivity index (χ4v) is 3.65. The molecule has 1 unspecified atom stereocenters. The number of nitrogens with one attached hydrogen (secondary N) is 1. The van der Waals surface area contributed by atoms with E-state index in [-0.39, 0.29) is 11.4 Å². The number of hydrogen-bond donors (Lipinski definition) is 2. The number of benzene rings is 2. The quantitative estimate of drug-likeness (QED) is 0.893. The van der Waals surface area contributed by atoms with Crippen LogP contribution in [0.3, 0.4) is 0 Å². The summed E-state index contributed by atoms with van der Waals surface area (Å²) in [6.45, 7) is 0.140. The van der Waals surface area contributed by atoms with Gasteiger partial charge in [0.25, 0.3) is 10.0 Å². The van der Waals surface area contributed by atoms with Gasteiger partial charge < -0.3 is 5.11 Å². The van der Waals surface area contributed by atoms with Gasteiger partial charge in [-0.05, 0) is 17.7 Å². The van der Waals surface area contributed by atoms with Gasteiger partial charge in [-0.15, -0.1) is 0 Å². The summed E-state index contributed by atoms with van der Waals surface area (Å²) in [5, 5.41) is 10.1. The minimum atomic E-state index is -3.52. The van der Waals surface area contributed by atoms with E-state index in [0.29, 0.717) is 17.8 Å². The molecular weight excluding hydrogens is 300 g/mol. The van der Waals surface area contributed by atoms with Gasteiger partial charge in [-0.25, -0.2) is 8.42 Å². The van der Waals surface area contributed by atoms with Crippen LogP contribution in [0.4, 0.5) is 0 Å². The smallest absolute Gasteiger partial charge is 0.263 e.